The van der Waals surface area contributed by atoms with E-state index in [2.05, 4.69) is 0 Å². The molecule has 0 aromatic rings. The smallest absolute Gasteiger partial charge is 0.235 e. The number of carbonyl (C=O) groups excluding carboxylic acids is 2. The van der Waals surface area contributed by atoms with E-state index in [1.165, 1.54) is 4.90 Å². The standard InChI is InChI=1S/C9H15NO3/c1-9(2)6-7(12)10(8(9)13)4-3-5-11/h11H,3-6H2,1-2H3. The van der Waals surface area contributed by atoms with Gasteiger partial charge in [-0.15, -0.1) is 0 Å². The van der Waals surface area contributed by atoms with Crippen LogP contribution < -0.4 is 0 Å². The van der Waals surface area contributed by atoms with Crippen LogP contribution in [0.5, 0.6) is 0 Å². The molecule has 1 heterocycles. The molecule has 0 aromatic carbocycles. The van der Waals surface area contributed by atoms with E-state index in [0.29, 0.717) is 13.0 Å². The van der Waals surface area contributed by atoms with Gasteiger partial charge in [-0.2, -0.15) is 0 Å². The third-order valence-corrected chi connectivity index (χ3v) is 2.26. The van der Waals surface area contributed by atoms with E-state index in [1.54, 1.807) is 13.8 Å². The van der Waals surface area contributed by atoms with Gasteiger partial charge in [-0.1, -0.05) is 13.8 Å². The second kappa shape index (κ2) is 3.46. The summed E-state index contributed by atoms with van der Waals surface area (Å²) in [5, 5.41) is 8.58. The number of imide groups is 1. The van der Waals surface area contributed by atoms with Crippen LogP contribution >= 0.6 is 0 Å². The predicted molar refractivity (Wildman–Crippen MR) is 46.8 cm³/mol. The molecular weight excluding hydrogens is 170 g/mol. The van der Waals surface area contributed by atoms with Gasteiger partial charge in [-0.25, -0.2) is 0 Å². The van der Waals surface area contributed by atoms with E-state index >= 15 is 0 Å². The summed E-state index contributed by atoms with van der Waals surface area (Å²) < 4.78 is 0. The maximum Gasteiger partial charge on any atom is 0.235 e. The van der Waals surface area contributed by atoms with Crippen molar-refractivity contribution in [3.63, 3.8) is 0 Å². The summed E-state index contributed by atoms with van der Waals surface area (Å²) in [6, 6.07) is 0. The highest BCUT2D eigenvalue weighted by Crippen LogP contribution is 2.31. The van der Waals surface area contributed by atoms with E-state index < -0.39 is 5.41 Å². The lowest BCUT2D eigenvalue weighted by Crippen LogP contribution is -2.34. The molecule has 1 rings (SSSR count). The maximum absolute atomic E-state index is 11.6. The Morgan fingerprint density at radius 3 is 2.46 bits per heavy atom. The van der Waals surface area contributed by atoms with Crippen molar-refractivity contribution in [2.45, 2.75) is 26.7 Å². The van der Waals surface area contributed by atoms with Gasteiger partial charge in [0.15, 0.2) is 0 Å². The fraction of sp³-hybridized carbons (Fsp3) is 0.778. The summed E-state index contributed by atoms with van der Waals surface area (Å²) in [6.07, 6.45) is 0.755. The number of hydrogen-bond donors (Lipinski definition) is 1. The first-order chi connectivity index (χ1) is 5.99. The molecule has 0 aliphatic carbocycles. The van der Waals surface area contributed by atoms with Gasteiger partial charge in [0.05, 0.1) is 5.41 Å². The molecule has 1 N–H and O–H groups in total. The Balaban J connectivity index is 2.66. The molecule has 1 aliphatic heterocycles. The minimum Gasteiger partial charge on any atom is -0.396 e. The van der Waals surface area contributed by atoms with Gasteiger partial charge in [-0.05, 0) is 6.42 Å². The number of aliphatic hydroxyl groups is 1. The van der Waals surface area contributed by atoms with E-state index in [-0.39, 0.29) is 24.8 Å². The molecule has 13 heavy (non-hydrogen) atoms. The predicted octanol–water partition coefficient (Wildman–Crippen LogP) is 0.154. The molecule has 0 atom stereocenters. The van der Waals surface area contributed by atoms with Crippen LogP contribution in [0.2, 0.25) is 0 Å². The summed E-state index contributed by atoms with van der Waals surface area (Å²) in [4.78, 5) is 24.1. The van der Waals surface area contributed by atoms with Crippen LogP contribution in [0.4, 0.5) is 0 Å². The number of hydrogen-bond acceptors (Lipinski definition) is 3. The van der Waals surface area contributed by atoms with Crippen LogP contribution in [0.15, 0.2) is 0 Å². The highest BCUT2D eigenvalue weighted by Gasteiger charge is 2.44. The zero-order valence-electron chi connectivity index (χ0n) is 8.04. The first-order valence-corrected chi connectivity index (χ1v) is 4.45. The lowest BCUT2D eigenvalue weighted by atomic mass is 9.92. The van der Waals surface area contributed by atoms with Crippen LogP contribution in [0.1, 0.15) is 26.7 Å². The SMILES string of the molecule is CC1(C)CC(=O)N(CCCO)C1=O. The third kappa shape index (κ3) is 1.88. The summed E-state index contributed by atoms with van der Waals surface area (Å²) in [7, 11) is 0. The molecule has 2 amide bonds. The Bertz CT molecular complexity index is 235. The third-order valence-electron chi connectivity index (χ3n) is 2.26. The normalized spacial score (nSPS) is 21.3. The topological polar surface area (TPSA) is 57.6 Å². The molecule has 4 nitrogen and oxygen atoms in total. The van der Waals surface area contributed by atoms with Crippen molar-refractivity contribution >= 4 is 11.8 Å². The summed E-state index contributed by atoms with van der Waals surface area (Å²) >= 11 is 0. The van der Waals surface area contributed by atoms with Crippen molar-refractivity contribution in [3.8, 4) is 0 Å². The number of nitrogens with zero attached hydrogens (tertiary/aromatic N) is 1. The first kappa shape index (κ1) is 10.2. The van der Waals surface area contributed by atoms with Gasteiger partial charge in [0.25, 0.3) is 0 Å². The van der Waals surface area contributed by atoms with Gasteiger partial charge in [0.2, 0.25) is 11.8 Å². The molecule has 0 aromatic heterocycles. The lowest BCUT2D eigenvalue weighted by molar-refractivity contribution is -0.140. The van der Waals surface area contributed by atoms with Gasteiger partial charge >= 0.3 is 0 Å². The molecule has 1 aliphatic rings. The molecule has 74 valence electrons. The average molecular weight is 185 g/mol. The van der Waals surface area contributed by atoms with Crippen LogP contribution in [0.25, 0.3) is 0 Å². The molecular formula is C9H15NO3. The first-order valence-electron chi connectivity index (χ1n) is 4.45. The zero-order valence-corrected chi connectivity index (χ0v) is 8.04. The van der Waals surface area contributed by atoms with Crippen molar-refractivity contribution in [2.24, 2.45) is 5.41 Å². The summed E-state index contributed by atoms with van der Waals surface area (Å²) in [5.41, 5.74) is -0.549. The van der Waals surface area contributed by atoms with Crippen molar-refractivity contribution in [2.75, 3.05) is 13.2 Å². The van der Waals surface area contributed by atoms with E-state index in [9.17, 15) is 9.59 Å². The lowest BCUT2D eigenvalue weighted by Gasteiger charge is -2.16. The second-order valence-electron chi connectivity index (χ2n) is 3.99. The Morgan fingerprint density at radius 2 is 2.08 bits per heavy atom. The zero-order chi connectivity index (χ0) is 10.1. The van der Waals surface area contributed by atoms with Crippen LogP contribution in [0, 0.1) is 5.41 Å². The average Bonchev–Trinajstić information content (AvgIpc) is 2.21. The highest BCUT2D eigenvalue weighted by molar-refractivity contribution is 6.05. The second-order valence-corrected chi connectivity index (χ2v) is 3.99. The molecule has 1 saturated heterocycles. The van der Waals surface area contributed by atoms with Crippen molar-refractivity contribution in [1.29, 1.82) is 0 Å². The summed E-state index contributed by atoms with van der Waals surface area (Å²) in [6.45, 7) is 3.90. The van der Waals surface area contributed by atoms with E-state index in [1.807, 2.05) is 0 Å². The molecule has 1 fully saturated rings. The van der Waals surface area contributed by atoms with Gasteiger partial charge in [-0.3, -0.25) is 14.5 Å². The summed E-state index contributed by atoms with van der Waals surface area (Å²) in [5.74, 6) is -0.241. The molecule has 0 unspecified atom stereocenters. The number of likely N-dealkylation sites (tertiary alicyclic amines) is 1. The van der Waals surface area contributed by atoms with E-state index in [4.69, 9.17) is 5.11 Å². The molecule has 0 saturated carbocycles. The van der Waals surface area contributed by atoms with Crippen LogP contribution in [0.3, 0.4) is 0 Å². The van der Waals surface area contributed by atoms with Gasteiger partial charge in [0, 0.05) is 19.6 Å². The highest BCUT2D eigenvalue weighted by atomic mass is 16.3. The van der Waals surface area contributed by atoms with Crippen LogP contribution in [-0.2, 0) is 9.59 Å². The Labute approximate surface area is 77.5 Å². The Kier molecular flexibility index (Phi) is 2.71. The molecule has 0 spiro atoms. The molecule has 0 radical (unpaired) electrons. The Morgan fingerprint density at radius 1 is 1.46 bits per heavy atom. The van der Waals surface area contributed by atoms with Crippen molar-refractivity contribution < 1.29 is 14.7 Å². The van der Waals surface area contributed by atoms with Gasteiger partial charge < -0.3 is 5.11 Å². The maximum atomic E-state index is 11.6. The Hall–Kier alpha value is -0.900. The number of aliphatic hydroxyl groups excluding tert-OH is 1. The van der Waals surface area contributed by atoms with Crippen molar-refractivity contribution in [1.82, 2.24) is 4.90 Å². The fourth-order valence-corrected chi connectivity index (χ4v) is 1.48. The molecule has 4 heteroatoms. The number of amides is 2. The fourth-order valence-electron chi connectivity index (χ4n) is 1.48. The largest absolute Gasteiger partial charge is 0.396 e. The van der Waals surface area contributed by atoms with Crippen LogP contribution in [-0.4, -0.2) is 35.0 Å². The number of rotatable bonds is 3. The minimum absolute atomic E-state index is 0.0114. The minimum atomic E-state index is -0.549. The van der Waals surface area contributed by atoms with Gasteiger partial charge in [0.1, 0.15) is 0 Å². The van der Waals surface area contributed by atoms with E-state index in [0.717, 1.165) is 0 Å². The number of carbonyl (C=O) groups is 2. The van der Waals surface area contributed by atoms with Crippen molar-refractivity contribution in [3.05, 3.63) is 0 Å². The molecule has 0 bridgehead atoms. The quantitative estimate of drug-likeness (QED) is 0.637. The monoisotopic (exact) mass is 185 g/mol.